The Morgan fingerprint density at radius 2 is 1.93 bits per heavy atom. The van der Waals surface area contributed by atoms with Crippen LogP contribution in [0.1, 0.15) is 24.5 Å². The normalized spacial score (nSPS) is 21.7. The maximum atomic E-state index is 11.7. The Morgan fingerprint density at radius 1 is 1.19 bits per heavy atom. The number of rotatable bonds is 4. The standard InChI is InChI=1S/C21H25N2O2S.BrH/c1-3-25-18-11-9-17(10-12-18)21(24)15-22(19-8-5-4-7-16(19)2)20-23(21)13-6-14-26-20;/h4-5,7-12,24H,3,6,13-15H2,1-2H3;1H/q+1;/p-1. The number of para-hydroxylation sites is 1. The van der Waals surface area contributed by atoms with Gasteiger partial charge in [-0.3, -0.25) is 0 Å². The van der Waals surface area contributed by atoms with Crippen molar-refractivity contribution in [2.24, 2.45) is 0 Å². The number of aryl methyl sites for hydroxylation is 1. The summed E-state index contributed by atoms with van der Waals surface area (Å²) >= 11 is 1.84. The van der Waals surface area contributed by atoms with Gasteiger partial charge in [-0.2, -0.15) is 0 Å². The molecule has 0 spiro atoms. The molecular formula is C21H25BrN2O2S. The van der Waals surface area contributed by atoms with Gasteiger partial charge >= 0.3 is 5.17 Å². The minimum atomic E-state index is -1.02. The fraction of sp³-hybridized carbons (Fsp3) is 0.381. The number of halogens is 1. The predicted octanol–water partition coefficient (Wildman–Crippen LogP) is 0.568. The van der Waals surface area contributed by atoms with Gasteiger partial charge in [-0.05, 0) is 67.9 Å². The van der Waals surface area contributed by atoms with Crippen LogP contribution in [0.15, 0.2) is 48.5 Å². The number of nitrogens with zero attached hydrogens (tertiary/aromatic N) is 2. The van der Waals surface area contributed by atoms with Gasteiger partial charge in [0.05, 0.1) is 13.2 Å². The summed E-state index contributed by atoms with van der Waals surface area (Å²) < 4.78 is 7.72. The van der Waals surface area contributed by atoms with Gasteiger partial charge in [0.2, 0.25) is 0 Å². The quantitative estimate of drug-likeness (QED) is 0.693. The molecule has 4 rings (SSSR count). The zero-order valence-corrected chi connectivity index (χ0v) is 18.1. The molecule has 0 aliphatic carbocycles. The van der Waals surface area contributed by atoms with Gasteiger partial charge in [-0.15, -0.1) is 0 Å². The van der Waals surface area contributed by atoms with Crippen LogP contribution in [0.25, 0.3) is 0 Å². The van der Waals surface area contributed by atoms with Crippen molar-refractivity contribution in [1.29, 1.82) is 0 Å². The second-order valence-electron chi connectivity index (χ2n) is 6.78. The van der Waals surface area contributed by atoms with Crippen molar-refractivity contribution in [3.05, 3.63) is 59.7 Å². The number of benzene rings is 2. The van der Waals surface area contributed by atoms with Crippen LogP contribution < -0.4 is 26.6 Å². The zero-order chi connectivity index (χ0) is 18.1. The smallest absolute Gasteiger partial charge is 0.316 e. The molecule has 0 bridgehead atoms. The molecular weight excluding hydrogens is 424 g/mol. The highest BCUT2D eigenvalue weighted by Gasteiger charge is 2.53. The molecule has 2 aliphatic heterocycles. The first-order valence-corrected chi connectivity index (χ1v) is 10.2. The fourth-order valence-electron chi connectivity index (χ4n) is 3.79. The van der Waals surface area contributed by atoms with Crippen molar-refractivity contribution >= 4 is 22.6 Å². The lowest BCUT2D eigenvalue weighted by atomic mass is 10.0. The number of thioether (sulfide) groups is 1. The maximum absolute atomic E-state index is 11.7. The lowest BCUT2D eigenvalue weighted by Gasteiger charge is -2.24. The largest absolute Gasteiger partial charge is 1.00 e. The van der Waals surface area contributed by atoms with Gasteiger partial charge in [0.25, 0.3) is 5.72 Å². The van der Waals surface area contributed by atoms with E-state index in [1.54, 1.807) is 0 Å². The topological polar surface area (TPSA) is 35.7 Å². The van der Waals surface area contributed by atoms with Gasteiger partial charge in [0.15, 0.2) is 6.54 Å². The highest BCUT2D eigenvalue weighted by atomic mass is 79.9. The summed E-state index contributed by atoms with van der Waals surface area (Å²) in [5.41, 5.74) is 2.29. The Morgan fingerprint density at radius 3 is 2.63 bits per heavy atom. The van der Waals surface area contributed by atoms with Crippen LogP contribution >= 0.6 is 11.8 Å². The molecule has 2 heterocycles. The third kappa shape index (κ3) is 3.62. The minimum absolute atomic E-state index is 0. The van der Waals surface area contributed by atoms with E-state index in [4.69, 9.17) is 4.74 Å². The second kappa shape index (κ2) is 8.25. The van der Waals surface area contributed by atoms with Gasteiger partial charge in [0, 0.05) is 11.3 Å². The summed E-state index contributed by atoms with van der Waals surface area (Å²) in [6.45, 7) is 6.15. The Kier molecular flexibility index (Phi) is 6.18. The fourth-order valence-corrected chi connectivity index (χ4v) is 4.96. The molecule has 6 heteroatoms. The van der Waals surface area contributed by atoms with E-state index in [9.17, 15) is 5.11 Å². The molecule has 1 atom stereocenters. The molecule has 27 heavy (non-hydrogen) atoms. The maximum Gasteiger partial charge on any atom is 0.316 e. The first kappa shape index (κ1) is 20.2. The number of hydrogen-bond acceptors (Lipinski definition) is 4. The van der Waals surface area contributed by atoms with Crippen molar-refractivity contribution < 1.29 is 31.4 Å². The number of aliphatic hydroxyl groups is 1. The van der Waals surface area contributed by atoms with E-state index >= 15 is 0 Å². The lowest BCUT2D eigenvalue weighted by molar-refractivity contribution is -0.656. The van der Waals surface area contributed by atoms with Crippen molar-refractivity contribution in [2.45, 2.75) is 26.0 Å². The third-order valence-electron chi connectivity index (χ3n) is 5.08. The van der Waals surface area contributed by atoms with Crippen molar-refractivity contribution in [3.63, 3.8) is 0 Å². The highest BCUT2D eigenvalue weighted by Crippen LogP contribution is 2.38. The summed E-state index contributed by atoms with van der Waals surface area (Å²) in [5.74, 6) is 1.93. The summed E-state index contributed by atoms with van der Waals surface area (Å²) in [4.78, 5) is 2.27. The van der Waals surface area contributed by atoms with E-state index in [0.717, 1.165) is 35.2 Å². The lowest BCUT2D eigenvalue weighted by Crippen LogP contribution is -3.00. The molecule has 0 fully saturated rings. The molecule has 4 nitrogen and oxygen atoms in total. The van der Waals surface area contributed by atoms with Crippen LogP contribution in [0.2, 0.25) is 0 Å². The molecule has 0 saturated carbocycles. The van der Waals surface area contributed by atoms with Gasteiger partial charge in [-0.1, -0.05) is 18.2 Å². The van der Waals surface area contributed by atoms with Crippen molar-refractivity contribution in [3.8, 4) is 5.75 Å². The van der Waals surface area contributed by atoms with Gasteiger partial charge < -0.3 is 26.8 Å². The first-order valence-electron chi connectivity index (χ1n) is 9.20. The number of hydrogen-bond donors (Lipinski definition) is 1. The SMILES string of the molecule is CCOc1ccc(C2(O)CN(c3ccccc3C)C3=[N+]2CCCS3)cc1.[Br-]. The van der Waals surface area contributed by atoms with Crippen molar-refractivity contribution in [1.82, 2.24) is 0 Å². The Balaban J connectivity index is 0.00000210. The molecule has 1 unspecified atom stereocenters. The zero-order valence-electron chi connectivity index (χ0n) is 15.7. The highest BCUT2D eigenvalue weighted by molar-refractivity contribution is 8.13. The van der Waals surface area contributed by atoms with E-state index in [2.05, 4.69) is 40.7 Å². The number of anilines is 1. The average molecular weight is 449 g/mol. The average Bonchev–Trinajstić information content (AvgIpc) is 2.97. The molecule has 0 saturated heterocycles. The van der Waals surface area contributed by atoms with E-state index in [1.807, 2.05) is 43.0 Å². The molecule has 0 amide bonds. The first-order chi connectivity index (χ1) is 12.6. The van der Waals surface area contributed by atoms with E-state index in [0.29, 0.717) is 13.2 Å². The monoisotopic (exact) mass is 448 g/mol. The number of amidine groups is 1. The van der Waals surface area contributed by atoms with E-state index < -0.39 is 5.72 Å². The molecule has 2 aliphatic rings. The van der Waals surface area contributed by atoms with Crippen LogP contribution in [-0.2, 0) is 5.72 Å². The van der Waals surface area contributed by atoms with Crippen LogP contribution in [-0.4, -0.2) is 40.3 Å². The molecule has 0 radical (unpaired) electrons. The van der Waals surface area contributed by atoms with Crippen LogP contribution in [0.4, 0.5) is 5.69 Å². The molecule has 0 aromatic heterocycles. The van der Waals surface area contributed by atoms with Gasteiger partial charge in [0.1, 0.15) is 11.4 Å². The van der Waals surface area contributed by atoms with Crippen LogP contribution in [0, 0.1) is 6.92 Å². The summed E-state index contributed by atoms with van der Waals surface area (Å²) in [6, 6.07) is 16.3. The molecule has 2 aromatic rings. The number of β-amino-alcohol motifs (C(OH)–C–C–N with tert-alkyl or cyclic N) is 1. The Labute approximate surface area is 175 Å². The summed E-state index contributed by atoms with van der Waals surface area (Å²) in [5, 5.41) is 12.9. The van der Waals surface area contributed by atoms with Crippen LogP contribution in [0.3, 0.4) is 0 Å². The van der Waals surface area contributed by atoms with Crippen molar-refractivity contribution in [2.75, 3.05) is 30.3 Å². The van der Waals surface area contributed by atoms with E-state index in [1.165, 1.54) is 11.3 Å². The second-order valence-corrected chi connectivity index (χ2v) is 7.84. The molecule has 2 aromatic carbocycles. The summed E-state index contributed by atoms with van der Waals surface area (Å²) in [6.07, 6.45) is 1.08. The van der Waals surface area contributed by atoms with Crippen LogP contribution in [0.5, 0.6) is 5.75 Å². The predicted molar refractivity (Wildman–Crippen MR) is 107 cm³/mol. The van der Waals surface area contributed by atoms with E-state index in [-0.39, 0.29) is 17.0 Å². The van der Waals surface area contributed by atoms with Gasteiger partial charge in [-0.25, -0.2) is 9.48 Å². The molecule has 1 N–H and O–H groups in total. The Hall–Kier alpha value is -1.50. The minimum Gasteiger partial charge on any atom is -1.00 e. The molecule has 144 valence electrons. The summed E-state index contributed by atoms with van der Waals surface area (Å²) in [7, 11) is 0. The third-order valence-corrected chi connectivity index (χ3v) is 6.27. The number of ether oxygens (including phenoxy) is 1. The Bertz CT molecular complexity index is 840.